The fourth-order valence-corrected chi connectivity index (χ4v) is 3.19. The number of carbonyl (C=O) groups is 1. The van der Waals surface area contributed by atoms with E-state index in [1.165, 1.54) is 12.1 Å². The van der Waals surface area contributed by atoms with E-state index in [2.05, 4.69) is 11.8 Å². The number of aliphatic hydroxyl groups excluding tert-OH is 1. The molecule has 1 fully saturated rings. The highest BCUT2D eigenvalue weighted by Gasteiger charge is 2.36. The highest BCUT2D eigenvalue weighted by molar-refractivity contribution is 5.87. The largest absolute Gasteiger partial charge is 0.395 e. The number of carbonyl (C=O) groups excluding carboxylic acids is 1. The molecule has 1 aliphatic rings. The van der Waals surface area contributed by atoms with Crippen LogP contribution in [0.15, 0.2) is 24.3 Å². The molecule has 0 aliphatic carbocycles. The van der Waals surface area contributed by atoms with Crippen molar-refractivity contribution in [1.29, 1.82) is 0 Å². The molecule has 0 saturated carbocycles. The van der Waals surface area contributed by atoms with Gasteiger partial charge in [0.25, 0.3) is 0 Å². The monoisotopic (exact) mass is 322 g/mol. The Bertz CT molecular complexity index is 536. The quantitative estimate of drug-likeness (QED) is 0.902. The number of rotatable bonds is 5. The highest BCUT2D eigenvalue weighted by Crippen LogP contribution is 2.27. The van der Waals surface area contributed by atoms with Crippen LogP contribution in [-0.4, -0.2) is 59.6 Å². The molecule has 0 aromatic heterocycles. The molecule has 5 heteroatoms. The highest BCUT2D eigenvalue weighted by atomic mass is 19.1. The maximum Gasteiger partial charge on any atom is 0.232 e. The van der Waals surface area contributed by atoms with Crippen molar-refractivity contribution in [2.45, 2.75) is 38.6 Å². The number of nitrogens with zero attached hydrogens (tertiary/aromatic N) is 2. The summed E-state index contributed by atoms with van der Waals surface area (Å²) in [7, 11) is 0. The third-order valence-electron chi connectivity index (χ3n) is 4.88. The molecule has 1 saturated heterocycles. The number of piperazine rings is 1. The van der Waals surface area contributed by atoms with Crippen molar-refractivity contribution in [1.82, 2.24) is 9.80 Å². The molecule has 4 nitrogen and oxygen atoms in total. The standard InChI is InChI=1S/C18H27FN2O2/c1-4-16(13-22)20-8-10-21(11-9-20)17(23)18(2,3)14-6-5-7-15(19)12-14/h5-7,12,16,22H,4,8-11,13H2,1-3H3. The van der Waals surface area contributed by atoms with Crippen LogP contribution in [0.1, 0.15) is 32.8 Å². The first kappa shape index (κ1) is 17.9. The molecule has 1 aromatic rings. The summed E-state index contributed by atoms with van der Waals surface area (Å²) in [5, 5.41) is 9.40. The molecule has 0 bridgehead atoms. The zero-order valence-corrected chi connectivity index (χ0v) is 14.3. The topological polar surface area (TPSA) is 43.8 Å². The Morgan fingerprint density at radius 3 is 2.48 bits per heavy atom. The second kappa shape index (κ2) is 7.41. The summed E-state index contributed by atoms with van der Waals surface area (Å²) in [5.74, 6) is -0.290. The first-order valence-corrected chi connectivity index (χ1v) is 8.30. The van der Waals surface area contributed by atoms with Crippen LogP contribution in [0.3, 0.4) is 0 Å². The van der Waals surface area contributed by atoms with Crippen LogP contribution in [0.5, 0.6) is 0 Å². The number of benzene rings is 1. The maximum atomic E-state index is 13.5. The molecule has 128 valence electrons. The third kappa shape index (κ3) is 3.90. The Balaban J connectivity index is 2.04. The second-order valence-corrected chi connectivity index (χ2v) is 6.71. The Morgan fingerprint density at radius 1 is 1.30 bits per heavy atom. The lowest BCUT2D eigenvalue weighted by atomic mass is 9.83. The molecule has 1 aliphatic heterocycles. The summed E-state index contributed by atoms with van der Waals surface area (Å²) in [6.07, 6.45) is 0.902. The van der Waals surface area contributed by atoms with Crippen LogP contribution in [0.25, 0.3) is 0 Å². The van der Waals surface area contributed by atoms with Crippen molar-refractivity contribution in [2.75, 3.05) is 32.8 Å². The van der Waals surface area contributed by atoms with Crippen molar-refractivity contribution in [3.8, 4) is 0 Å². The number of amides is 1. The SMILES string of the molecule is CCC(CO)N1CCN(C(=O)C(C)(C)c2cccc(F)c2)CC1. The van der Waals surface area contributed by atoms with Gasteiger partial charge in [-0.25, -0.2) is 4.39 Å². The van der Waals surface area contributed by atoms with Gasteiger partial charge < -0.3 is 10.0 Å². The van der Waals surface area contributed by atoms with E-state index in [9.17, 15) is 14.3 Å². The Hall–Kier alpha value is -1.46. The molecule has 0 radical (unpaired) electrons. The van der Waals surface area contributed by atoms with E-state index >= 15 is 0 Å². The van der Waals surface area contributed by atoms with Crippen LogP contribution < -0.4 is 0 Å². The van der Waals surface area contributed by atoms with Crippen molar-refractivity contribution < 1.29 is 14.3 Å². The summed E-state index contributed by atoms with van der Waals surface area (Å²) >= 11 is 0. The van der Waals surface area contributed by atoms with Gasteiger partial charge in [0.1, 0.15) is 5.82 Å². The van der Waals surface area contributed by atoms with E-state index in [0.29, 0.717) is 18.7 Å². The normalized spacial score (nSPS) is 18.0. The molecule has 0 spiro atoms. The Morgan fingerprint density at radius 2 is 1.96 bits per heavy atom. The summed E-state index contributed by atoms with van der Waals surface area (Å²) in [5.41, 5.74) is -0.0440. The van der Waals surface area contributed by atoms with E-state index < -0.39 is 5.41 Å². The lowest BCUT2D eigenvalue weighted by Gasteiger charge is -2.41. The van der Waals surface area contributed by atoms with Crippen LogP contribution in [0.2, 0.25) is 0 Å². The van der Waals surface area contributed by atoms with Crippen molar-refractivity contribution in [3.63, 3.8) is 0 Å². The smallest absolute Gasteiger partial charge is 0.232 e. The van der Waals surface area contributed by atoms with Crippen LogP contribution >= 0.6 is 0 Å². The van der Waals surface area contributed by atoms with Gasteiger partial charge in [-0.1, -0.05) is 19.1 Å². The molecule has 1 heterocycles. The number of aliphatic hydroxyl groups is 1. The predicted molar refractivity (Wildman–Crippen MR) is 88.7 cm³/mol. The maximum absolute atomic E-state index is 13.5. The van der Waals surface area contributed by atoms with Gasteiger partial charge in [0, 0.05) is 32.2 Å². The lowest BCUT2D eigenvalue weighted by Crippen LogP contribution is -2.55. The fraction of sp³-hybridized carbons (Fsp3) is 0.611. The average Bonchev–Trinajstić information content (AvgIpc) is 2.56. The van der Waals surface area contributed by atoms with Crippen LogP contribution in [0.4, 0.5) is 4.39 Å². The molecular weight excluding hydrogens is 295 g/mol. The fourth-order valence-electron chi connectivity index (χ4n) is 3.19. The van der Waals surface area contributed by atoms with Gasteiger partial charge in [0.2, 0.25) is 5.91 Å². The number of hydrogen-bond acceptors (Lipinski definition) is 3. The van der Waals surface area contributed by atoms with Crippen LogP contribution in [0, 0.1) is 5.82 Å². The number of hydrogen-bond donors (Lipinski definition) is 1. The summed E-state index contributed by atoms with van der Waals surface area (Å²) < 4.78 is 13.5. The molecular formula is C18H27FN2O2. The van der Waals surface area contributed by atoms with Crippen molar-refractivity contribution >= 4 is 5.91 Å². The van der Waals surface area contributed by atoms with E-state index in [-0.39, 0.29) is 24.4 Å². The van der Waals surface area contributed by atoms with Gasteiger partial charge >= 0.3 is 0 Å². The first-order chi connectivity index (χ1) is 10.9. The zero-order chi connectivity index (χ0) is 17.0. The molecule has 23 heavy (non-hydrogen) atoms. The predicted octanol–water partition coefficient (Wildman–Crippen LogP) is 2.02. The van der Waals surface area contributed by atoms with Crippen LogP contribution in [-0.2, 0) is 10.2 Å². The van der Waals surface area contributed by atoms with Crippen molar-refractivity contribution in [3.05, 3.63) is 35.6 Å². The minimum Gasteiger partial charge on any atom is -0.395 e. The van der Waals surface area contributed by atoms with Gasteiger partial charge in [0.05, 0.1) is 12.0 Å². The van der Waals surface area contributed by atoms with E-state index in [1.54, 1.807) is 12.1 Å². The average molecular weight is 322 g/mol. The third-order valence-corrected chi connectivity index (χ3v) is 4.88. The van der Waals surface area contributed by atoms with Gasteiger partial charge in [-0.2, -0.15) is 0 Å². The molecule has 1 atom stereocenters. The Labute approximate surface area is 137 Å². The van der Waals surface area contributed by atoms with E-state index in [1.807, 2.05) is 18.7 Å². The van der Waals surface area contributed by atoms with Gasteiger partial charge in [-0.15, -0.1) is 0 Å². The summed E-state index contributed by atoms with van der Waals surface area (Å²) in [6.45, 7) is 8.74. The minimum absolute atomic E-state index is 0.0276. The zero-order valence-electron chi connectivity index (χ0n) is 14.3. The van der Waals surface area contributed by atoms with Crippen molar-refractivity contribution in [2.24, 2.45) is 0 Å². The van der Waals surface area contributed by atoms with Gasteiger partial charge in [0.15, 0.2) is 0 Å². The molecule has 2 rings (SSSR count). The summed E-state index contributed by atoms with van der Waals surface area (Å²) in [4.78, 5) is 17.0. The molecule has 1 N–H and O–H groups in total. The Kier molecular flexibility index (Phi) is 5.76. The molecule has 1 aromatic carbocycles. The summed E-state index contributed by atoms with van der Waals surface area (Å²) in [6, 6.07) is 6.44. The van der Waals surface area contributed by atoms with E-state index in [0.717, 1.165) is 19.5 Å². The van der Waals surface area contributed by atoms with Gasteiger partial charge in [-0.3, -0.25) is 9.69 Å². The second-order valence-electron chi connectivity index (χ2n) is 6.71. The van der Waals surface area contributed by atoms with E-state index in [4.69, 9.17) is 0 Å². The van der Waals surface area contributed by atoms with Gasteiger partial charge in [-0.05, 0) is 38.0 Å². The minimum atomic E-state index is -0.745. The first-order valence-electron chi connectivity index (χ1n) is 8.30. The molecule has 1 amide bonds. The lowest BCUT2D eigenvalue weighted by molar-refractivity contribution is -0.138. The number of halogens is 1. The molecule has 1 unspecified atom stereocenters.